The topological polar surface area (TPSA) is 67.6 Å². The number of aromatic nitrogens is 2. The first-order chi connectivity index (χ1) is 8.15. The van der Waals surface area contributed by atoms with Crippen molar-refractivity contribution in [3.8, 4) is 17.3 Å². The van der Waals surface area contributed by atoms with Crippen LogP contribution in [0, 0.1) is 11.3 Å². The van der Waals surface area contributed by atoms with Gasteiger partial charge in [-0.15, -0.1) is 0 Å². The van der Waals surface area contributed by atoms with Gasteiger partial charge in [-0.25, -0.2) is 4.98 Å². The van der Waals surface area contributed by atoms with Crippen molar-refractivity contribution in [2.24, 2.45) is 0 Å². The number of imidazole rings is 1. The molecule has 1 heterocycles. The summed E-state index contributed by atoms with van der Waals surface area (Å²) in [5.74, 6) is 0.600. The number of anilines is 1. The maximum absolute atomic E-state index is 9.06. The molecule has 0 fully saturated rings. The highest BCUT2D eigenvalue weighted by atomic mass is 15.1. The second kappa shape index (κ2) is 4.30. The normalized spacial score (nSPS) is 10.5. The first-order valence-corrected chi connectivity index (χ1v) is 5.47. The summed E-state index contributed by atoms with van der Waals surface area (Å²) in [5, 5.41) is 9.06. The zero-order chi connectivity index (χ0) is 12.4. The zero-order valence-electron chi connectivity index (χ0n) is 9.88. The third-order valence-corrected chi connectivity index (χ3v) is 2.69. The number of nitrogens with two attached hydrogens (primary N) is 1. The van der Waals surface area contributed by atoms with Crippen LogP contribution in [0.25, 0.3) is 11.3 Å². The van der Waals surface area contributed by atoms with Crippen LogP contribution in [0.1, 0.15) is 25.5 Å². The Hall–Kier alpha value is -2.28. The van der Waals surface area contributed by atoms with Crippen LogP contribution in [0.3, 0.4) is 0 Å². The van der Waals surface area contributed by atoms with Crippen molar-refractivity contribution in [1.29, 1.82) is 5.26 Å². The highest BCUT2D eigenvalue weighted by Gasteiger charge is 2.14. The third-order valence-electron chi connectivity index (χ3n) is 2.69. The molecule has 1 aromatic carbocycles. The van der Waals surface area contributed by atoms with Crippen LogP contribution in [0.4, 0.5) is 5.82 Å². The van der Waals surface area contributed by atoms with Crippen molar-refractivity contribution in [1.82, 2.24) is 9.55 Å². The van der Waals surface area contributed by atoms with E-state index in [9.17, 15) is 0 Å². The molecule has 0 atom stereocenters. The number of benzene rings is 1. The Kier molecular flexibility index (Phi) is 2.84. The molecule has 1 aromatic heterocycles. The predicted octanol–water partition coefficient (Wildman–Crippen LogP) is 2.58. The first-order valence-electron chi connectivity index (χ1n) is 5.47. The highest BCUT2D eigenvalue weighted by molar-refractivity contribution is 5.75. The van der Waals surface area contributed by atoms with Gasteiger partial charge in [0.25, 0.3) is 0 Å². The number of rotatable bonds is 2. The van der Waals surface area contributed by atoms with E-state index >= 15 is 0 Å². The van der Waals surface area contributed by atoms with E-state index in [1.54, 1.807) is 12.4 Å². The first kappa shape index (κ1) is 11.2. The Morgan fingerprint density at radius 3 is 2.65 bits per heavy atom. The van der Waals surface area contributed by atoms with Crippen molar-refractivity contribution in [3.05, 3.63) is 36.2 Å². The van der Waals surface area contributed by atoms with Gasteiger partial charge in [0, 0.05) is 11.6 Å². The standard InChI is InChI=1S/C13H14N4/c1-9(2)17-8-16-12(13(17)15)11-6-4-3-5-10(11)7-14/h3-6,8-9H,15H2,1-2H3. The molecule has 0 unspecified atom stereocenters. The molecule has 0 aliphatic heterocycles. The van der Waals surface area contributed by atoms with Gasteiger partial charge in [-0.3, -0.25) is 0 Å². The van der Waals surface area contributed by atoms with Crippen LogP contribution < -0.4 is 5.73 Å². The van der Waals surface area contributed by atoms with Crippen LogP contribution in [0.2, 0.25) is 0 Å². The van der Waals surface area contributed by atoms with E-state index in [-0.39, 0.29) is 6.04 Å². The summed E-state index contributed by atoms with van der Waals surface area (Å²) in [6, 6.07) is 9.75. The molecule has 2 rings (SSSR count). The number of nitriles is 1. The fourth-order valence-electron chi connectivity index (χ4n) is 1.78. The molecule has 2 N–H and O–H groups in total. The van der Waals surface area contributed by atoms with Crippen molar-refractivity contribution >= 4 is 5.82 Å². The maximum atomic E-state index is 9.06. The molecule has 2 aromatic rings. The van der Waals surface area contributed by atoms with Crippen LogP contribution in [0.15, 0.2) is 30.6 Å². The van der Waals surface area contributed by atoms with Gasteiger partial charge in [0.1, 0.15) is 11.5 Å². The number of hydrogen-bond acceptors (Lipinski definition) is 3. The number of nitrogen functional groups attached to an aromatic ring is 1. The van der Waals surface area contributed by atoms with Crippen LogP contribution >= 0.6 is 0 Å². The lowest BCUT2D eigenvalue weighted by molar-refractivity contribution is 0.607. The Bertz CT molecular complexity index is 575. The van der Waals surface area contributed by atoms with Gasteiger partial charge in [0.05, 0.1) is 18.0 Å². The van der Waals surface area contributed by atoms with E-state index in [2.05, 4.69) is 11.1 Å². The summed E-state index contributed by atoms with van der Waals surface area (Å²) in [4.78, 5) is 4.30. The molecule has 0 saturated carbocycles. The summed E-state index contributed by atoms with van der Waals surface area (Å²) in [5.41, 5.74) is 8.10. The number of hydrogen-bond donors (Lipinski definition) is 1. The minimum Gasteiger partial charge on any atom is -0.383 e. The smallest absolute Gasteiger partial charge is 0.131 e. The highest BCUT2D eigenvalue weighted by Crippen LogP contribution is 2.28. The summed E-state index contributed by atoms with van der Waals surface area (Å²) in [6.45, 7) is 4.08. The van der Waals surface area contributed by atoms with Gasteiger partial charge in [-0.05, 0) is 19.9 Å². The monoisotopic (exact) mass is 226 g/mol. The zero-order valence-corrected chi connectivity index (χ0v) is 9.88. The van der Waals surface area contributed by atoms with E-state index in [1.165, 1.54) is 0 Å². The molecular weight excluding hydrogens is 212 g/mol. The van der Waals surface area contributed by atoms with E-state index in [4.69, 9.17) is 11.0 Å². The van der Waals surface area contributed by atoms with E-state index < -0.39 is 0 Å². The lowest BCUT2D eigenvalue weighted by Gasteiger charge is -2.09. The largest absolute Gasteiger partial charge is 0.383 e. The molecule has 4 heteroatoms. The van der Waals surface area contributed by atoms with E-state index in [0.29, 0.717) is 17.1 Å². The Morgan fingerprint density at radius 1 is 1.35 bits per heavy atom. The third kappa shape index (κ3) is 1.87. The minimum absolute atomic E-state index is 0.255. The lowest BCUT2D eigenvalue weighted by Crippen LogP contribution is -2.04. The van der Waals surface area contributed by atoms with Gasteiger partial charge in [0.15, 0.2) is 0 Å². The van der Waals surface area contributed by atoms with Gasteiger partial charge in [-0.2, -0.15) is 5.26 Å². The Balaban J connectivity index is 2.59. The average molecular weight is 226 g/mol. The maximum Gasteiger partial charge on any atom is 0.131 e. The summed E-state index contributed by atoms with van der Waals surface area (Å²) >= 11 is 0. The molecule has 0 aliphatic rings. The average Bonchev–Trinajstić information content (AvgIpc) is 2.71. The molecule has 0 saturated heterocycles. The molecular formula is C13H14N4. The second-order valence-electron chi connectivity index (χ2n) is 4.14. The van der Waals surface area contributed by atoms with Crippen LogP contribution in [-0.2, 0) is 0 Å². The van der Waals surface area contributed by atoms with Gasteiger partial charge in [-0.1, -0.05) is 18.2 Å². The summed E-state index contributed by atoms with van der Waals surface area (Å²) in [6.07, 6.45) is 1.71. The van der Waals surface area contributed by atoms with Gasteiger partial charge < -0.3 is 10.3 Å². The molecule has 0 amide bonds. The quantitative estimate of drug-likeness (QED) is 0.855. The number of nitrogens with zero attached hydrogens (tertiary/aromatic N) is 3. The summed E-state index contributed by atoms with van der Waals surface area (Å²) in [7, 11) is 0. The fourth-order valence-corrected chi connectivity index (χ4v) is 1.78. The minimum atomic E-state index is 0.255. The lowest BCUT2D eigenvalue weighted by atomic mass is 10.1. The molecule has 0 bridgehead atoms. The molecule has 0 radical (unpaired) electrons. The second-order valence-corrected chi connectivity index (χ2v) is 4.14. The molecule has 0 spiro atoms. The van der Waals surface area contributed by atoms with E-state index in [0.717, 1.165) is 5.56 Å². The van der Waals surface area contributed by atoms with Crippen LogP contribution in [-0.4, -0.2) is 9.55 Å². The Morgan fingerprint density at radius 2 is 2.06 bits per heavy atom. The van der Waals surface area contributed by atoms with E-state index in [1.807, 2.05) is 36.6 Å². The van der Waals surface area contributed by atoms with Crippen molar-refractivity contribution in [2.45, 2.75) is 19.9 Å². The SMILES string of the molecule is CC(C)n1cnc(-c2ccccc2C#N)c1N. The van der Waals surface area contributed by atoms with Crippen molar-refractivity contribution < 1.29 is 0 Å². The molecule has 17 heavy (non-hydrogen) atoms. The predicted molar refractivity (Wildman–Crippen MR) is 67.2 cm³/mol. The molecule has 86 valence electrons. The molecule has 0 aliphatic carbocycles. The summed E-state index contributed by atoms with van der Waals surface area (Å²) < 4.78 is 1.89. The van der Waals surface area contributed by atoms with Crippen LogP contribution in [0.5, 0.6) is 0 Å². The van der Waals surface area contributed by atoms with Crippen molar-refractivity contribution in [3.63, 3.8) is 0 Å². The Labute approximate surface area is 100 Å². The molecule has 4 nitrogen and oxygen atoms in total. The fraction of sp³-hybridized carbons (Fsp3) is 0.231. The van der Waals surface area contributed by atoms with Gasteiger partial charge in [0.2, 0.25) is 0 Å². The van der Waals surface area contributed by atoms with Crippen molar-refractivity contribution in [2.75, 3.05) is 5.73 Å². The van der Waals surface area contributed by atoms with Gasteiger partial charge >= 0.3 is 0 Å².